The first-order valence-electron chi connectivity index (χ1n) is 1.19. The molecule has 0 aliphatic carbocycles. The van der Waals surface area contributed by atoms with E-state index in [1.807, 2.05) is 0 Å². The molecule has 11 heavy (non-hydrogen) atoms. The van der Waals surface area contributed by atoms with Crippen LogP contribution < -0.4 is 5.73 Å². The van der Waals surface area contributed by atoms with Crippen molar-refractivity contribution in [3.05, 3.63) is 0 Å². The number of nitrogens with two attached hydrogens (primary N) is 1. The van der Waals surface area contributed by atoms with Crippen molar-refractivity contribution in [2.75, 3.05) is 6.54 Å². The molecule has 0 saturated carbocycles. The zero-order valence-corrected chi connectivity index (χ0v) is 15.3. The first kappa shape index (κ1) is 49.5. The van der Waals surface area contributed by atoms with Gasteiger partial charge in [0.2, 0.25) is 0 Å². The maximum atomic E-state index is 9.24. The fraction of sp³-hybridized carbons (Fsp3) is 0.500. The Morgan fingerprint density at radius 3 is 1.45 bits per heavy atom. The van der Waals surface area contributed by atoms with Gasteiger partial charge >= 0.3 is 5.97 Å². The molecule has 0 aromatic carbocycles. The van der Waals surface area contributed by atoms with E-state index in [9.17, 15) is 4.79 Å². The first-order chi connectivity index (χ1) is 2.27. The van der Waals surface area contributed by atoms with E-state index in [1.54, 1.807) is 0 Å². The zero-order valence-electron chi connectivity index (χ0n) is 6.00. The molecular formula is C2H9KNNbO4SiW. The van der Waals surface area contributed by atoms with Crippen LogP contribution in [0, 0.1) is 0 Å². The Kier molecular flexibility index (Phi) is 175. The summed E-state index contributed by atoms with van der Waals surface area (Å²) in [4.78, 5) is 9.24. The first-order valence-corrected chi connectivity index (χ1v) is 1.19. The van der Waals surface area contributed by atoms with Crippen LogP contribution in [0.25, 0.3) is 0 Å². The minimum Gasteiger partial charge on any atom is -0.480 e. The van der Waals surface area contributed by atoms with Crippen LogP contribution in [0.1, 0.15) is 0 Å². The van der Waals surface area contributed by atoms with Crippen LogP contribution in [0.4, 0.5) is 0 Å². The number of hydrogen-bond donors (Lipinski definition) is 2. The molecule has 5 nitrogen and oxygen atoms in total. The van der Waals surface area contributed by atoms with Crippen molar-refractivity contribution in [2.45, 2.75) is 0 Å². The van der Waals surface area contributed by atoms with Gasteiger partial charge in [0.25, 0.3) is 0 Å². The number of carboxylic acid groups (broad SMARTS) is 1. The van der Waals surface area contributed by atoms with Crippen molar-refractivity contribution in [1.29, 1.82) is 0 Å². The van der Waals surface area contributed by atoms with Gasteiger partial charge in [-0.3, -0.25) is 4.79 Å². The Morgan fingerprint density at radius 1 is 1.36 bits per heavy atom. The fourth-order valence-corrected chi connectivity index (χ4v) is 0. The van der Waals surface area contributed by atoms with Crippen LogP contribution in [0.3, 0.4) is 0 Å². The molecule has 0 aromatic heterocycles. The number of carboxylic acids is 1. The topological polar surface area (TPSA) is 126 Å². The van der Waals surface area contributed by atoms with E-state index in [1.165, 1.54) is 0 Å². The molecule has 0 aromatic rings. The van der Waals surface area contributed by atoms with E-state index in [0.29, 0.717) is 0 Å². The van der Waals surface area contributed by atoms with E-state index in [-0.39, 0.29) is 123 Å². The Hall–Kier alpha value is 2.63. The van der Waals surface area contributed by atoms with Gasteiger partial charge in [-0.1, -0.05) is 0 Å². The quantitative estimate of drug-likeness (QED) is 0.401. The van der Waals surface area contributed by atoms with Crippen LogP contribution in [0.2, 0.25) is 0 Å². The average molecular weight is 455 g/mol. The summed E-state index contributed by atoms with van der Waals surface area (Å²) in [5.41, 5.74) is 4.57. The average Bonchev–Trinajstić information content (AvgIpc) is 1.38. The van der Waals surface area contributed by atoms with Crippen molar-refractivity contribution >= 4 is 68.3 Å². The largest absolute Gasteiger partial charge is 0.480 e. The molecule has 0 amide bonds. The standard InChI is InChI=1S/C2H5NO2.K.Nb.2H2O.Si.W/c3-1-2(4)5;;;;;;/h1,3H2,(H,4,5);;;2*1H2;;. The molecule has 0 atom stereocenters. The molecule has 62 valence electrons. The molecule has 0 aliphatic rings. The smallest absolute Gasteiger partial charge is 0.317 e. The number of rotatable bonds is 1. The molecule has 0 rings (SSSR count). The summed E-state index contributed by atoms with van der Waals surface area (Å²) >= 11 is 0. The van der Waals surface area contributed by atoms with Crippen molar-refractivity contribution in [2.24, 2.45) is 5.73 Å². The normalized spacial score (nSPS) is 3.36. The number of aliphatic carboxylic acids is 1. The van der Waals surface area contributed by atoms with Crippen molar-refractivity contribution in [3.63, 3.8) is 0 Å². The number of carbonyl (C=O) groups is 1. The molecule has 0 saturated heterocycles. The van der Waals surface area contributed by atoms with E-state index >= 15 is 0 Å². The summed E-state index contributed by atoms with van der Waals surface area (Å²) in [6.45, 7) is -0.278. The minimum absolute atomic E-state index is 0. The Labute approximate surface area is 142 Å². The van der Waals surface area contributed by atoms with Gasteiger partial charge in [0.15, 0.2) is 0 Å². The van der Waals surface area contributed by atoms with E-state index < -0.39 is 5.97 Å². The summed E-state index contributed by atoms with van der Waals surface area (Å²) in [5.74, 6) is -0.968. The second kappa shape index (κ2) is 38.9. The van der Waals surface area contributed by atoms with E-state index in [0.717, 1.165) is 0 Å². The monoisotopic (exact) mass is 455 g/mol. The molecule has 9 heteroatoms. The second-order valence-electron chi connectivity index (χ2n) is 0.598. The molecule has 0 spiro atoms. The van der Waals surface area contributed by atoms with Crippen molar-refractivity contribution < 1.29 is 64.3 Å². The van der Waals surface area contributed by atoms with Crippen LogP contribution in [-0.2, 0) is 48.2 Å². The molecule has 0 heterocycles. The predicted molar refractivity (Wildman–Crippen MR) is 35.4 cm³/mol. The molecule has 7 N–H and O–H groups in total. The van der Waals surface area contributed by atoms with Gasteiger partial charge in [-0.2, -0.15) is 0 Å². The van der Waals surface area contributed by atoms with Gasteiger partial charge in [-0.15, -0.1) is 0 Å². The number of hydrogen-bond acceptors (Lipinski definition) is 2. The fourth-order valence-electron chi connectivity index (χ4n) is 0. The summed E-state index contributed by atoms with van der Waals surface area (Å²) in [7, 11) is 0. The minimum atomic E-state index is -0.968. The third kappa shape index (κ3) is 66.6. The van der Waals surface area contributed by atoms with Crippen molar-refractivity contribution in [1.82, 2.24) is 0 Å². The summed E-state index contributed by atoms with van der Waals surface area (Å²) in [5, 5.41) is 7.60. The second-order valence-corrected chi connectivity index (χ2v) is 0.598. The third-order valence-corrected chi connectivity index (χ3v) is 0.175. The van der Waals surface area contributed by atoms with Gasteiger partial charge in [-0.05, 0) is 0 Å². The maximum absolute atomic E-state index is 9.24. The molecular weight excluding hydrogens is 446 g/mol. The Morgan fingerprint density at radius 2 is 1.45 bits per heavy atom. The van der Waals surface area contributed by atoms with Crippen LogP contribution in [-0.4, -0.2) is 90.9 Å². The summed E-state index contributed by atoms with van der Waals surface area (Å²) in [6.07, 6.45) is 0. The third-order valence-electron chi connectivity index (χ3n) is 0.175. The van der Waals surface area contributed by atoms with E-state index in [4.69, 9.17) is 5.11 Å². The van der Waals surface area contributed by atoms with Crippen LogP contribution in [0.5, 0.6) is 0 Å². The molecule has 6 radical (unpaired) electrons. The SMILES string of the molecule is NCC(=O)O.O.O.[K].[Nb].[Si].[W]. The zero-order chi connectivity index (χ0) is 4.28. The van der Waals surface area contributed by atoms with Gasteiger partial charge < -0.3 is 21.8 Å². The molecule has 0 aliphatic heterocycles. The van der Waals surface area contributed by atoms with Crippen LogP contribution >= 0.6 is 0 Å². The summed E-state index contributed by atoms with van der Waals surface area (Å²) < 4.78 is 0. The van der Waals surface area contributed by atoms with Gasteiger partial charge in [0.1, 0.15) is 0 Å². The Balaban J connectivity index is -0.00000000533. The van der Waals surface area contributed by atoms with Gasteiger partial charge in [-0.25, -0.2) is 0 Å². The van der Waals surface area contributed by atoms with E-state index in [2.05, 4.69) is 5.73 Å². The van der Waals surface area contributed by atoms with Gasteiger partial charge in [0, 0.05) is 106 Å². The molecule has 0 bridgehead atoms. The Bertz CT molecular complexity index is 63.4. The summed E-state index contributed by atoms with van der Waals surface area (Å²) in [6, 6.07) is 0. The maximum Gasteiger partial charge on any atom is 0.317 e. The van der Waals surface area contributed by atoms with Crippen molar-refractivity contribution in [3.8, 4) is 0 Å². The van der Waals surface area contributed by atoms with Crippen LogP contribution in [0.15, 0.2) is 0 Å². The molecule has 0 fully saturated rings. The predicted octanol–water partition coefficient (Wildman–Crippen LogP) is -3.39. The van der Waals surface area contributed by atoms with Gasteiger partial charge in [0.05, 0.1) is 6.54 Å². The molecule has 0 unspecified atom stereocenters.